The van der Waals surface area contributed by atoms with Crippen molar-refractivity contribution in [3.8, 4) is 55.9 Å². The number of hydrogen-bond acceptors (Lipinski definition) is 2. The second-order valence-electron chi connectivity index (χ2n) is 22.8. The van der Waals surface area contributed by atoms with E-state index >= 15 is 0 Å². The third kappa shape index (κ3) is 7.43. The second kappa shape index (κ2) is 19.4. The first-order chi connectivity index (χ1) is 42.1. The number of benzene rings is 13. The van der Waals surface area contributed by atoms with E-state index in [0.717, 1.165) is 56.4 Å². The highest BCUT2D eigenvalue weighted by atomic mass is 15.2. The molecular weight excluding hydrogens is 1030 g/mol. The molecule has 398 valence electrons. The van der Waals surface area contributed by atoms with Crippen LogP contribution in [-0.4, -0.2) is 15.8 Å². The number of nitrogens with zero attached hydrogens (tertiary/aromatic N) is 4. The molecule has 0 radical (unpaired) electrons. The summed E-state index contributed by atoms with van der Waals surface area (Å²) in [5.41, 5.74) is 29.7. The Labute approximate surface area is 495 Å². The van der Waals surface area contributed by atoms with E-state index in [2.05, 4.69) is 330 Å². The van der Waals surface area contributed by atoms with Gasteiger partial charge in [0.25, 0.3) is 6.71 Å². The summed E-state index contributed by atoms with van der Waals surface area (Å²) in [5.74, 6) is 0. The van der Waals surface area contributed by atoms with Crippen LogP contribution in [0.15, 0.2) is 297 Å². The van der Waals surface area contributed by atoms with Crippen molar-refractivity contribution in [2.75, 3.05) is 9.80 Å². The summed E-state index contributed by atoms with van der Waals surface area (Å²) < 4.78 is 5.00. The smallest absolute Gasteiger partial charge is 0.252 e. The van der Waals surface area contributed by atoms with Crippen molar-refractivity contribution in [1.29, 1.82) is 0 Å². The summed E-state index contributed by atoms with van der Waals surface area (Å²) in [6, 6.07) is 110. The summed E-state index contributed by atoms with van der Waals surface area (Å²) in [7, 11) is 0. The molecule has 0 aliphatic carbocycles. The van der Waals surface area contributed by atoms with Crippen LogP contribution in [0, 0.1) is 13.8 Å². The maximum atomic E-state index is 2.62. The van der Waals surface area contributed by atoms with Crippen molar-refractivity contribution in [3.63, 3.8) is 0 Å². The zero-order chi connectivity index (χ0) is 56.3. The Balaban J connectivity index is 0.969. The highest BCUT2D eigenvalue weighted by Gasteiger charge is 2.45. The van der Waals surface area contributed by atoms with Gasteiger partial charge in [0, 0.05) is 55.4 Å². The molecule has 0 spiro atoms. The molecule has 0 saturated heterocycles. The quantitative estimate of drug-likeness (QED) is 0.141. The van der Waals surface area contributed by atoms with Gasteiger partial charge in [0.15, 0.2) is 0 Å². The molecular formula is C80H55BN4. The molecule has 5 heteroatoms. The molecule has 0 fully saturated rings. The number of para-hydroxylation sites is 6. The van der Waals surface area contributed by atoms with Crippen molar-refractivity contribution >= 4 is 101 Å². The van der Waals surface area contributed by atoms with Gasteiger partial charge in [-0.1, -0.05) is 224 Å². The molecule has 15 aromatic rings. The molecule has 0 saturated carbocycles. The lowest BCUT2D eigenvalue weighted by atomic mass is 9.33. The zero-order valence-electron chi connectivity index (χ0n) is 47.2. The van der Waals surface area contributed by atoms with Crippen LogP contribution in [-0.2, 0) is 0 Å². The average Bonchev–Trinajstić information content (AvgIpc) is 1.01. The van der Waals surface area contributed by atoms with E-state index in [1.54, 1.807) is 0 Å². The number of rotatable bonds is 8. The minimum atomic E-state index is -0.136. The van der Waals surface area contributed by atoms with Gasteiger partial charge in [-0.3, -0.25) is 0 Å². The van der Waals surface area contributed by atoms with Gasteiger partial charge >= 0.3 is 0 Å². The molecule has 2 aliphatic rings. The summed E-state index contributed by atoms with van der Waals surface area (Å²) in [6.07, 6.45) is 0. The van der Waals surface area contributed by atoms with E-state index in [9.17, 15) is 0 Å². The summed E-state index contributed by atoms with van der Waals surface area (Å²) in [4.78, 5) is 5.25. The Bertz CT molecular complexity index is 4760. The molecule has 2 aromatic heterocycles. The van der Waals surface area contributed by atoms with Crippen LogP contribution in [0.1, 0.15) is 11.1 Å². The fourth-order valence-electron chi connectivity index (χ4n) is 14.6. The Morgan fingerprint density at radius 1 is 0.247 bits per heavy atom. The Morgan fingerprint density at radius 2 is 0.565 bits per heavy atom. The number of hydrogen-bond donors (Lipinski definition) is 0. The minimum absolute atomic E-state index is 0.136. The van der Waals surface area contributed by atoms with Crippen molar-refractivity contribution < 1.29 is 0 Å². The third-order valence-electron chi connectivity index (χ3n) is 18.3. The number of anilines is 6. The van der Waals surface area contributed by atoms with Gasteiger partial charge in [0.05, 0.1) is 44.8 Å². The van der Waals surface area contributed by atoms with Gasteiger partial charge < -0.3 is 18.9 Å². The fraction of sp³-hybridized carbons (Fsp3) is 0.0250. The summed E-state index contributed by atoms with van der Waals surface area (Å²) in [5, 5.41) is 4.98. The van der Waals surface area contributed by atoms with Crippen LogP contribution in [0.4, 0.5) is 34.1 Å². The number of aromatic nitrogens is 2. The fourth-order valence-corrected chi connectivity index (χ4v) is 14.6. The van der Waals surface area contributed by atoms with Crippen LogP contribution in [0.3, 0.4) is 0 Å². The van der Waals surface area contributed by atoms with Gasteiger partial charge in [-0.2, -0.15) is 0 Å². The molecule has 4 nitrogen and oxygen atoms in total. The van der Waals surface area contributed by atoms with E-state index in [4.69, 9.17) is 0 Å². The van der Waals surface area contributed by atoms with Crippen LogP contribution in [0.5, 0.6) is 0 Å². The lowest BCUT2D eigenvalue weighted by Crippen LogP contribution is -2.61. The first-order valence-electron chi connectivity index (χ1n) is 29.5. The van der Waals surface area contributed by atoms with Crippen molar-refractivity contribution in [2.24, 2.45) is 0 Å². The highest BCUT2D eigenvalue weighted by molar-refractivity contribution is 7.00. The summed E-state index contributed by atoms with van der Waals surface area (Å²) >= 11 is 0. The zero-order valence-corrected chi connectivity index (χ0v) is 47.2. The van der Waals surface area contributed by atoms with Crippen LogP contribution in [0.25, 0.3) is 99.5 Å². The predicted molar refractivity (Wildman–Crippen MR) is 360 cm³/mol. The van der Waals surface area contributed by atoms with Gasteiger partial charge in [0.1, 0.15) is 0 Å². The second-order valence-corrected chi connectivity index (χ2v) is 22.8. The minimum Gasteiger partial charge on any atom is -0.310 e. The predicted octanol–water partition coefficient (Wildman–Crippen LogP) is 19.2. The molecule has 13 aromatic carbocycles. The first-order valence-corrected chi connectivity index (χ1v) is 29.5. The van der Waals surface area contributed by atoms with E-state index in [0.29, 0.717) is 0 Å². The molecule has 4 heterocycles. The molecule has 2 aliphatic heterocycles. The SMILES string of the molecule is Cc1c(-n2c3ccccc3c3ccccc32)ccc2c1N(c1ccccc1-c1cccc(-c3ccccc3)c1)c1cccc3c1B2c1ccc(-n2c4ccccc4c4ccccc42)c(C)c1N3c1ccccc1-c1cccc(-c2ccccc2)c1. The van der Waals surface area contributed by atoms with Crippen molar-refractivity contribution in [1.82, 2.24) is 9.13 Å². The Kier molecular flexibility index (Phi) is 11.1. The maximum Gasteiger partial charge on any atom is 0.252 e. The topological polar surface area (TPSA) is 16.3 Å². The van der Waals surface area contributed by atoms with Gasteiger partial charge in [0.2, 0.25) is 0 Å². The van der Waals surface area contributed by atoms with E-state index in [1.165, 1.54) is 105 Å². The average molecular weight is 1080 g/mol. The molecule has 17 rings (SSSR count). The van der Waals surface area contributed by atoms with Gasteiger partial charge in [-0.05, 0) is 148 Å². The Morgan fingerprint density at radius 3 is 0.976 bits per heavy atom. The third-order valence-corrected chi connectivity index (χ3v) is 18.3. The highest BCUT2D eigenvalue weighted by Crippen LogP contribution is 2.51. The molecule has 0 bridgehead atoms. The Hall–Kier alpha value is -10.9. The maximum absolute atomic E-state index is 2.62. The first kappa shape index (κ1) is 48.8. The van der Waals surface area contributed by atoms with Crippen LogP contribution < -0.4 is 26.2 Å². The molecule has 0 amide bonds. The van der Waals surface area contributed by atoms with E-state index in [1.807, 2.05) is 0 Å². The standard InChI is InChI=1S/C80H55BN4/c1-52-68(82-72-40-17-11-34-62(72)63-35-12-18-41-73(63)82)48-46-66-79(52)84(70-38-15-9-32-60(70)58-30-21-28-56(50-58)54-24-5-3-6-25-54)76-44-23-45-77-78(76)81(66)67-47-49-69(83-74-42-19-13-36-64(74)65-37-14-20-43-75(65)83)53(2)80(67)85(77)71-39-16-10-33-61(71)59-31-22-29-57(51-59)55-26-7-4-8-27-55/h3-51H,1-2H3. The van der Waals surface area contributed by atoms with E-state index in [-0.39, 0.29) is 6.71 Å². The van der Waals surface area contributed by atoms with Crippen LogP contribution >= 0.6 is 0 Å². The van der Waals surface area contributed by atoms with Crippen LogP contribution in [0.2, 0.25) is 0 Å². The van der Waals surface area contributed by atoms with E-state index < -0.39 is 0 Å². The van der Waals surface area contributed by atoms with Crippen molar-refractivity contribution in [3.05, 3.63) is 308 Å². The lowest BCUT2D eigenvalue weighted by molar-refractivity contribution is 1.13. The van der Waals surface area contributed by atoms with Crippen molar-refractivity contribution in [2.45, 2.75) is 13.8 Å². The molecule has 85 heavy (non-hydrogen) atoms. The normalized spacial score (nSPS) is 12.5. The monoisotopic (exact) mass is 1080 g/mol. The van der Waals surface area contributed by atoms with Gasteiger partial charge in [-0.25, -0.2) is 0 Å². The molecule has 0 atom stereocenters. The number of fused-ring (bicyclic) bond motifs is 10. The largest absolute Gasteiger partial charge is 0.310 e. The lowest BCUT2D eigenvalue weighted by Gasteiger charge is -2.46. The molecule has 0 unspecified atom stereocenters. The molecule has 0 N–H and O–H groups in total. The summed E-state index contributed by atoms with van der Waals surface area (Å²) in [6.45, 7) is 4.60. The van der Waals surface area contributed by atoms with Gasteiger partial charge in [-0.15, -0.1) is 0 Å².